The number of hydrogen-bond donors (Lipinski definition) is 0. The van der Waals surface area contributed by atoms with Crippen molar-refractivity contribution < 1.29 is 9.47 Å². The summed E-state index contributed by atoms with van der Waals surface area (Å²) < 4.78 is 13.7. The Hall–Kier alpha value is -1.63. The Morgan fingerprint density at radius 1 is 1.36 bits per heavy atom. The summed E-state index contributed by atoms with van der Waals surface area (Å²) in [6.07, 6.45) is -0.336. The molecule has 1 unspecified atom stereocenters. The highest BCUT2D eigenvalue weighted by Crippen LogP contribution is 2.23. The second-order valence-electron chi connectivity index (χ2n) is 5.84. The summed E-state index contributed by atoms with van der Waals surface area (Å²) in [7, 11) is 1.60. The quantitative estimate of drug-likeness (QED) is 0.840. The number of aryl methyl sites for hydroxylation is 1. The predicted octanol–water partition coefficient (Wildman–Crippen LogP) is 1.51. The van der Waals surface area contributed by atoms with Gasteiger partial charge in [0.1, 0.15) is 6.10 Å². The topological polar surface area (TPSA) is 62.5 Å². The minimum absolute atomic E-state index is 0.150. The zero-order valence-corrected chi connectivity index (χ0v) is 13.4. The molecular formula is C15H17ClN2O4. The first-order valence-corrected chi connectivity index (χ1v) is 7.38. The first kappa shape index (κ1) is 15.3. The molecule has 1 aliphatic rings. The lowest BCUT2D eigenvalue weighted by Gasteiger charge is -2.18. The van der Waals surface area contributed by atoms with Gasteiger partial charge in [-0.3, -0.25) is 13.9 Å². The second-order valence-corrected chi connectivity index (χ2v) is 6.25. The molecule has 1 aromatic carbocycles. The Morgan fingerprint density at radius 2 is 2.09 bits per heavy atom. The van der Waals surface area contributed by atoms with Gasteiger partial charge in [-0.05, 0) is 26.0 Å². The highest BCUT2D eigenvalue weighted by molar-refractivity contribution is 6.35. The Kier molecular flexibility index (Phi) is 3.63. The average Bonchev–Trinajstić information content (AvgIpc) is 2.80. The smallest absolute Gasteiger partial charge is 0.331 e. The molecule has 3 rings (SSSR count). The van der Waals surface area contributed by atoms with Gasteiger partial charge in [0.25, 0.3) is 5.56 Å². The maximum Gasteiger partial charge on any atom is 0.331 e. The van der Waals surface area contributed by atoms with Gasteiger partial charge in [-0.15, -0.1) is 0 Å². The molecule has 0 amide bonds. The Morgan fingerprint density at radius 3 is 2.73 bits per heavy atom. The third kappa shape index (κ3) is 2.47. The number of fused-ring (bicyclic) bond motifs is 1. The molecule has 0 radical (unpaired) electrons. The van der Waals surface area contributed by atoms with E-state index in [0.29, 0.717) is 22.5 Å². The third-order valence-corrected chi connectivity index (χ3v) is 4.07. The van der Waals surface area contributed by atoms with Crippen LogP contribution >= 0.6 is 11.6 Å². The van der Waals surface area contributed by atoms with E-state index in [4.69, 9.17) is 21.1 Å². The van der Waals surface area contributed by atoms with Gasteiger partial charge in [0, 0.05) is 7.05 Å². The predicted molar refractivity (Wildman–Crippen MR) is 83.4 cm³/mol. The SMILES string of the molecule is Cn1c(=O)n(CC2COC(C)(C)O2)c(=O)c2cccc(Cl)c21. The number of para-hydroxylation sites is 1. The molecule has 0 saturated carbocycles. The molecule has 118 valence electrons. The lowest BCUT2D eigenvalue weighted by Crippen LogP contribution is -2.42. The summed E-state index contributed by atoms with van der Waals surface area (Å²) in [6, 6.07) is 5.01. The number of benzene rings is 1. The highest BCUT2D eigenvalue weighted by atomic mass is 35.5. The normalized spacial score (nSPS) is 20.6. The van der Waals surface area contributed by atoms with Gasteiger partial charge in [0.15, 0.2) is 5.79 Å². The molecule has 1 aromatic heterocycles. The first-order chi connectivity index (χ1) is 10.3. The molecule has 0 aliphatic carbocycles. The maximum absolute atomic E-state index is 12.6. The van der Waals surface area contributed by atoms with Crippen molar-refractivity contribution in [1.29, 1.82) is 0 Å². The van der Waals surface area contributed by atoms with E-state index in [1.165, 1.54) is 9.13 Å². The van der Waals surface area contributed by atoms with Crippen LogP contribution in [0.15, 0.2) is 27.8 Å². The summed E-state index contributed by atoms with van der Waals surface area (Å²) in [5.41, 5.74) is -0.341. The van der Waals surface area contributed by atoms with Gasteiger partial charge in [-0.1, -0.05) is 17.7 Å². The minimum atomic E-state index is -0.695. The number of aromatic nitrogens is 2. The molecule has 22 heavy (non-hydrogen) atoms. The molecule has 2 aromatic rings. The van der Waals surface area contributed by atoms with Crippen molar-refractivity contribution >= 4 is 22.5 Å². The Bertz CT molecular complexity index is 853. The van der Waals surface area contributed by atoms with E-state index in [1.807, 2.05) is 0 Å². The van der Waals surface area contributed by atoms with E-state index < -0.39 is 11.5 Å². The van der Waals surface area contributed by atoms with Crippen LogP contribution in [0, 0.1) is 0 Å². The van der Waals surface area contributed by atoms with Crippen molar-refractivity contribution in [2.75, 3.05) is 6.61 Å². The van der Waals surface area contributed by atoms with Crippen molar-refractivity contribution in [1.82, 2.24) is 9.13 Å². The first-order valence-electron chi connectivity index (χ1n) is 7.00. The van der Waals surface area contributed by atoms with Crippen LogP contribution in [-0.2, 0) is 23.1 Å². The van der Waals surface area contributed by atoms with Gasteiger partial charge in [-0.25, -0.2) is 4.79 Å². The lowest BCUT2D eigenvalue weighted by molar-refractivity contribution is -0.139. The van der Waals surface area contributed by atoms with Gasteiger partial charge >= 0.3 is 5.69 Å². The molecule has 0 bridgehead atoms. The maximum atomic E-state index is 12.6. The fourth-order valence-electron chi connectivity index (χ4n) is 2.76. The minimum Gasteiger partial charge on any atom is -0.348 e. The Labute approximate surface area is 131 Å². The van der Waals surface area contributed by atoms with Gasteiger partial charge in [0.2, 0.25) is 0 Å². The van der Waals surface area contributed by atoms with Crippen molar-refractivity contribution in [2.24, 2.45) is 7.05 Å². The molecule has 2 heterocycles. The number of halogens is 1. The third-order valence-electron chi connectivity index (χ3n) is 3.77. The summed E-state index contributed by atoms with van der Waals surface area (Å²) in [5, 5.41) is 0.788. The van der Waals surface area contributed by atoms with Crippen molar-refractivity contribution in [3.8, 4) is 0 Å². The lowest BCUT2D eigenvalue weighted by atomic mass is 10.2. The summed E-state index contributed by atoms with van der Waals surface area (Å²) in [6.45, 7) is 4.09. The fourth-order valence-corrected chi connectivity index (χ4v) is 3.06. The molecule has 1 saturated heterocycles. The zero-order valence-electron chi connectivity index (χ0n) is 12.6. The average molecular weight is 325 g/mol. The molecule has 0 N–H and O–H groups in total. The van der Waals surface area contributed by atoms with Crippen LogP contribution in [0.2, 0.25) is 5.02 Å². The van der Waals surface area contributed by atoms with Crippen LogP contribution in [0.25, 0.3) is 10.9 Å². The van der Waals surface area contributed by atoms with Crippen molar-refractivity contribution in [2.45, 2.75) is 32.3 Å². The number of hydrogen-bond acceptors (Lipinski definition) is 4. The zero-order chi connectivity index (χ0) is 16.1. The number of nitrogens with zero attached hydrogens (tertiary/aromatic N) is 2. The van der Waals surface area contributed by atoms with Crippen LogP contribution in [0.1, 0.15) is 13.8 Å². The van der Waals surface area contributed by atoms with Crippen molar-refractivity contribution in [3.63, 3.8) is 0 Å². The van der Waals surface area contributed by atoms with Crippen LogP contribution in [0.3, 0.4) is 0 Å². The molecule has 7 heteroatoms. The standard InChI is InChI=1S/C15H17ClN2O4/c1-15(2)21-8-9(22-15)7-18-13(19)10-5-4-6-11(16)12(10)17(3)14(18)20/h4-6,9H,7-8H2,1-3H3. The number of rotatable bonds is 2. The largest absolute Gasteiger partial charge is 0.348 e. The van der Waals surface area contributed by atoms with Gasteiger partial charge < -0.3 is 9.47 Å². The summed E-state index contributed by atoms with van der Waals surface area (Å²) >= 11 is 6.11. The molecule has 1 aliphatic heterocycles. The Balaban J connectivity index is 2.12. The molecule has 0 spiro atoms. The van der Waals surface area contributed by atoms with Crippen LogP contribution in [0.5, 0.6) is 0 Å². The van der Waals surface area contributed by atoms with E-state index >= 15 is 0 Å². The monoisotopic (exact) mass is 324 g/mol. The van der Waals surface area contributed by atoms with Gasteiger partial charge in [0.05, 0.1) is 29.1 Å². The fraction of sp³-hybridized carbons (Fsp3) is 0.467. The van der Waals surface area contributed by atoms with E-state index in [-0.39, 0.29) is 18.2 Å². The van der Waals surface area contributed by atoms with E-state index in [9.17, 15) is 9.59 Å². The highest BCUT2D eigenvalue weighted by Gasteiger charge is 2.33. The van der Waals surface area contributed by atoms with E-state index in [2.05, 4.69) is 0 Å². The van der Waals surface area contributed by atoms with Gasteiger partial charge in [-0.2, -0.15) is 0 Å². The van der Waals surface area contributed by atoms with E-state index in [0.717, 1.165) is 0 Å². The molecular weight excluding hydrogens is 308 g/mol. The summed E-state index contributed by atoms with van der Waals surface area (Å²) in [4.78, 5) is 25.1. The second kappa shape index (κ2) is 5.22. The van der Waals surface area contributed by atoms with Crippen LogP contribution < -0.4 is 11.2 Å². The molecule has 6 nitrogen and oxygen atoms in total. The summed E-state index contributed by atoms with van der Waals surface area (Å²) in [5.74, 6) is -0.695. The van der Waals surface area contributed by atoms with Crippen LogP contribution in [-0.4, -0.2) is 27.6 Å². The molecule has 1 atom stereocenters. The van der Waals surface area contributed by atoms with E-state index in [1.54, 1.807) is 39.1 Å². The number of ether oxygens (including phenoxy) is 2. The van der Waals surface area contributed by atoms with Crippen LogP contribution in [0.4, 0.5) is 0 Å². The van der Waals surface area contributed by atoms with Crippen molar-refractivity contribution in [3.05, 3.63) is 44.1 Å². The molecule has 1 fully saturated rings.